The van der Waals surface area contributed by atoms with E-state index in [0.717, 1.165) is 0 Å². The van der Waals surface area contributed by atoms with E-state index in [1.807, 2.05) is 4.98 Å². The molecule has 2 rings (SSSR count). The quantitative estimate of drug-likeness (QED) is 0.580. The molecule has 0 unspecified atom stereocenters. The standard InChI is InChI=1S/C8H4N4O2/c9-3-4-1-2-5-6(10-4)7(13)12-8(14)11-5/h1-2H,(H2,11,12,13,14). The van der Waals surface area contributed by atoms with Gasteiger partial charge in [0.05, 0.1) is 5.52 Å². The zero-order chi connectivity index (χ0) is 10.1. The molecule has 0 saturated heterocycles. The maximum atomic E-state index is 11.2. The van der Waals surface area contributed by atoms with E-state index in [-0.39, 0.29) is 11.2 Å². The zero-order valence-electron chi connectivity index (χ0n) is 6.87. The third-order valence-electron chi connectivity index (χ3n) is 1.70. The molecule has 0 saturated carbocycles. The van der Waals surface area contributed by atoms with Crippen molar-refractivity contribution in [3.8, 4) is 6.07 Å². The summed E-state index contributed by atoms with van der Waals surface area (Å²) in [4.78, 5) is 30.3. The second-order valence-corrected chi connectivity index (χ2v) is 2.61. The van der Waals surface area contributed by atoms with E-state index in [1.54, 1.807) is 6.07 Å². The number of pyridine rings is 1. The third kappa shape index (κ3) is 1.17. The molecule has 0 aliphatic carbocycles. The van der Waals surface area contributed by atoms with Gasteiger partial charge in [-0.3, -0.25) is 9.78 Å². The molecule has 0 aromatic carbocycles. The van der Waals surface area contributed by atoms with Crippen LogP contribution in [0.4, 0.5) is 0 Å². The Morgan fingerprint density at radius 2 is 2.07 bits per heavy atom. The molecule has 68 valence electrons. The fourth-order valence-corrected chi connectivity index (χ4v) is 1.11. The summed E-state index contributed by atoms with van der Waals surface area (Å²) in [6.07, 6.45) is 0. The van der Waals surface area contributed by atoms with Crippen molar-refractivity contribution >= 4 is 11.0 Å². The smallest absolute Gasteiger partial charge is 0.305 e. The average Bonchev–Trinajstić information content (AvgIpc) is 2.17. The summed E-state index contributed by atoms with van der Waals surface area (Å²) in [5.41, 5.74) is -0.675. The maximum absolute atomic E-state index is 11.2. The first-order valence-corrected chi connectivity index (χ1v) is 3.74. The third-order valence-corrected chi connectivity index (χ3v) is 1.70. The summed E-state index contributed by atoms with van der Waals surface area (Å²) in [6.45, 7) is 0. The number of rotatable bonds is 0. The SMILES string of the molecule is N#Cc1ccc2[nH]c(=O)[nH]c(=O)c2n1. The Hall–Kier alpha value is -2.42. The second-order valence-electron chi connectivity index (χ2n) is 2.61. The predicted molar refractivity (Wildman–Crippen MR) is 47.7 cm³/mol. The van der Waals surface area contributed by atoms with E-state index in [9.17, 15) is 9.59 Å². The summed E-state index contributed by atoms with van der Waals surface area (Å²) < 4.78 is 0. The molecule has 6 nitrogen and oxygen atoms in total. The van der Waals surface area contributed by atoms with Gasteiger partial charge in [-0.2, -0.15) is 5.26 Å². The molecule has 0 fully saturated rings. The van der Waals surface area contributed by atoms with Crippen molar-refractivity contribution < 1.29 is 0 Å². The van der Waals surface area contributed by atoms with Gasteiger partial charge in [0.25, 0.3) is 5.56 Å². The first-order chi connectivity index (χ1) is 6.70. The molecule has 0 aliphatic heterocycles. The lowest BCUT2D eigenvalue weighted by Gasteiger charge is -1.94. The van der Waals surface area contributed by atoms with E-state index in [0.29, 0.717) is 5.52 Å². The van der Waals surface area contributed by atoms with Crippen LogP contribution in [-0.4, -0.2) is 15.0 Å². The zero-order valence-corrected chi connectivity index (χ0v) is 6.87. The van der Waals surface area contributed by atoms with Crippen molar-refractivity contribution in [1.82, 2.24) is 15.0 Å². The van der Waals surface area contributed by atoms with E-state index in [4.69, 9.17) is 5.26 Å². The maximum Gasteiger partial charge on any atom is 0.326 e. The number of nitrogens with zero attached hydrogens (tertiary/aromatic N) is 2. The molecule has 2 N–H and O–H groups in total. The van der Waals surface area contributed by atoms with Crippen molar-refractivity contribution in [2.24, 2.45) is 0 Å². The van der Waals surface area contributed by atoms with Crippen LogP contribution in [0.15, 0.2) is 21.7 Å². The molecule has 0 amide bonds. The average molecular weight is 188 g/mol. The Bertz CT molecular complexity index is 647. The number of hydrogen-bond donors (Lipinski definition) is 2. The van der Waals surface area contributed by atoms with Gasteiger partial charge in [-0.1, -0.05) is 0 Å². The Balaban J connectivity index is 2.98. The number of hydrogen-bond acceptors (Lipinski definition) is 4. The van der Waals surface area contributed by atoms with Gasteiger partial charge in [0.15, 0.2) is 5.52 Å². The van der Waals surface area contributed by atoms with E-state index in [1.165, 1.54) is 12.1 Å². The summed E-state index contributed by atoms with van der Waals surface area (Å²) in [7, 11) is 0. The van der Waals surface area contributed by atoms with Crippen LogP contribution >= 0.6 is 0 Å². The second kappa shape index (κ2) is 2.81. The van der Waals surface area contributed by atoms with Crippen LogP contribution in [0.3, 0.4) is 0 Å². The number of aromatic nitrogens is 3. The highest BCUT2D eigenvalue weighted by Gasteiger charge is 2.02. The summed E-state index contributed by atoms with van der Waals surface area (Å²) in [5.74, 6) is 0. The molecular weight excluding hydrogens is 184 g/mol. The molecular formula is C8H4N4O2. The largest absolute Gasteiger partial charge is 0.326 e. The Morgan fingerprint density at radius 1 is 1.29 bits per heavy atom. The molecule has 0 radical (unpaired) electrons. The van der Waals surface area contributed by atoms with Crippen molar-refractivity contribution in [3.63, 3.8) is 0 Å². The Labute approximate surface area is 76.9 Å². The number of nitriles is 1. The number of nitrogens with one attached hydrogen (secondary N) is 2. The minimum Gasteiger partial charge on any atom is -0.305 e. The van der Waals surface area contributed by atoms with E-state index in [2.05, 4.69) is 9.97 Å². The lowest BCUT2D eigenvalue weighted by Crippen LogP contribution is -2.22. The van der Waals surface area contributed by atoms with Crippen LogP contribution in [0.25, 0.3) is 11.0 Å². The molecule has 0 spiro atoms. The van der Waals surface area contributed by atoms with Gasteiger partial charge < -0.3 is 4.98 Å². The molecule has 0 aliphatic rings. The lowest BCUT2D eigenvalue weighted by atomic mass is 10.3. The van der Waals surface area contributed by atoms with Gasteiger partial charge in [0.2, 0.25) is 0 Å². The van der Waals surface area contributed by atoms with Gasteiger partial charge in [0.1, 0.15) is 11.8 Å². The highest BCUT2D eigenvalue weighted by Crippen LogP contribution is 2.01. The van der Waals surface area contributed by atoms with Gasteiger partial charge in [0, 0.05) is 0 Å². The van der Waals surface area contributed by atoms with Crippen molar-refractivity contribution in [3.05, 3.63) is 38.7 Å². The van der Waals surface area contributed by atoms with Gasteiger partial charge in [-0.25, -0.2) is 9.78 Å². The lowest BCUT2D eigenvalue weighted by molar-refractivity contribution is 1.06. The number of fused-ring (bicyclic) bond motifs is 1. The molecule has 6 heteroatoms. The molecule has 0 atom stereocenters. The minimum absolute atomic E-state index is 0.0589. The number of aromatic amines is 2. The fourth-order valence-electron chi connectivity index (χ4n) is 1.11. The van der Waals surface area contributed by atoms with Crippen LogP contribution in [0, 0.1) is 11.3 Å². The predicted octanol–water partition coefficient (Wildman–Crippen LogP) is -0.517. The van der Waals surface area contributed by atoms with Crippen LogP contribution in [0.5, 0.6) is 0 Å². The Morgan fingerprint density at radius 3 is 2.79 bits per heavy atom. The van der Waals surface area contributed by atoms with Gasteiger partial charge in [-0.05, 0) is 12.1 Å². The van der Waals surface area contributed by atoms with Crippen molar-refractivity contribution in [1.29, 1.82) is 5.26 Å². The summed E-state index contributed by atoms with van der Waals surface area (Å²) in [6, 6.07) is 4.70. The van der Waals surface area contributed by atoms with Crippen molar-refractivity contribution in [2.45, 2.75) is 0 Å². The van der Waals surface area contributed by atoms with E-state index < -0.39 is 11.2 Å². The van der Waals surface area contributed by atoms with Crippen molar-refractivity contribution in [2.75, 3.05) is 0 Å². The van der Waals surface area contributed by atoms with Crippen LogP contribution in [0.1, 0.15) is 5.69 Å². The summed E-state index contributed by atoms with van der Waals surface area (Å²) in [5, 5.41) is 8.55. The van der Waals surface area contributed by atoms with E-state index >= 15 is 0 Å². The van der Waals surface area contributed by atoms with Crippen LogP contribution in [0.2, 0.25) is 0 Å². The van der Waals surface area contributed by atoms with Crippen LogP contribution in [-0.2, 0) is 0 Å². The highest BCUT2D eigenvalue weighted by atomic mass is 16.2. The highest BCUT2D eigenvalue weighted by molar-refractivity contribution is 5.72. The monoisotopic (exact) mass is 188 g/mol. The first kappa shape index (κ1) is 8.19. The van der Waals surface area contributed by atoms with Gasteiger partial charge >= 0.3 is 5.69 Å². The van der Waals surface area contributed by atoms with Gasteiger partial charge in [-0.15, -0.1) is 0 Å². The minimum atomic E-state index is -0.596. The topological polar surface area (TPSA) is 102 Å². The normalized spacial score (nSPS) is 9.93. The van der Waals surface area contributed by atoms with Crippen LogP contribution < -0.4 is 11.2 Å². The first-order valence-electron chi connectivity index (χ1n) is 3.74. The fraction of sp³-hybridized carbons (Fsp3) is 0. The molecule has 2 aromatic heterocycles. The molecule has 0 bridgehead atoms. The number of H-pyrrole nitrogens is 2. The molecule has 2 aromatic rings. The molecule has 2 heterocycles. The summed E-state index contributed by atoms with van der Waals surface area (Å²) >= 11 is 0. The molecule has 14 heavy (non-hydrogen) atoms. The Kier molecular flexibility index (Phi) is 1.65.